The van der Waals surface area contributed by atoms with Gasteiger partial charge in [0.05, 0.1) is 7.11 Å². The van der Waals surface area contributed by atoms with Gasteiger partial charge in [-0.05, 0) is 44.5 Å². The van der Waals surface area contributed by atoms with E-state index in [1.54, 1.807) is 24.3 Å². The Hall–Kier alpha value is -2.57. The normalized spacial score (nSPS) is 10.7. The van der Waals surface area contributed by atoms with E-state index in [0.717, 1.165) is 6.42 Å². The van der Waals surface area contributed by atoms with E-state index in [9.17, 15) is 14.4 Å². The molecule has 0 unspecified atom stereocenters. The molecule has 1 rings (SSSR count). The molecule has 0 aliphatic rings. The number of methoxy groups -OCH3 is 1. The third kappa shape index (κ3) is 6.68. The SMILES string of the molecule is CCC(C)(C)NC(=O)COC(=O)CNC(=O)c1ccc(OC)cc1. The van der Waals surface area contributed by atoms with E-state index in [1.165, 1.54) is 7.11 Å². The van der Waals surface area contributed by atoms with E-state index in [4.69, 9.17) is 9.47 Å². The average Bonchev–Trinajstić information content (AvgIpc) is 2.57. The molecule has 0 atom stereocenters. The number of benzene rings is 1. The number of esters is 1. The summed E-state index contributed by atoms with van der Waals surface area (Å²) < 4.78 is 9.83. The zero-order valence-corrected chi connectivity index (χ0v) is 14.5. The highest BCUT2D eigenvalue weighted by molar-refractivity contribution is 5.96. The lowest BCUT2D eigenvalue weighted by molar-refractivity contribution is -0.148. The van der Waals surface area contributed by atoms with Crippen molar-refractivity contribution in [1.29, 1.82) is 0 Å². The van der Waals surface area contributed by atoms with Gasteiger partial charge in [-0.3, -0.25) is 14.4 Å². The van der Waals surface area contributed by atoms with Crippen LogP contribution in [0.1, 0.15) is 37.6 Å². The van der Waals surface area contributed by atoms with Crippen molar-refractivity contribution in [3.05, 3.63) is 29.8 Å². The summed E-state index contributed by atoms with van der Waals surface area (Å²) in [6, 6.07) is 6.46. The lowest BCUT2D eigenvalue weighted by Gasteiger charge is -2.24. The summed E-state index contributed by atoms with van der Waals surface area (Å²) in [5.74, 6) is -0.837. The first-order chi connectivity index (χ1) is 11.3. The fraction of sp³-hybridized carbons (Fsp3) is 0.471. The van der Waals surface area contributed by atoms with Crippen LogP contribution in [0.5, 0.6) is 5.75 Å². The molecule has 7 nitrogen and oxygen atoms in total. The molecule has 2 amide bonds. The Bertz CT molecular complexity index is 581. The van der Waals surface area contributed by atoms with Gasteiger partial charge in [-0.2, -0.15) is 0 Å². The number of ether oxygens (including phenoxy) is 2. The lowest BCUT2D eigenvalue weighted by atomic mass is 10.0. The molecule has 0 heterocycles. The van der Waals surface area contributed by atoms with Crippen molar-refractivity contribution >= 4 is 17.8 Å². The Morgan fingerprint density at radius 1 is 1.12 bits per heavy atom. The molecule has 0 radical (unpaired) electrons. The minimum atomic E-state index is -0.679. The number of carbonyl (C=O) groups excluding carboxylic acids is 3. The Labute approximate surface area is 141 Å². The van der Waals surface area contributed by atoms with E-state index >= 15 is 0 Å². The molecule has 2 N–H and O–H groups in total. The largest absolute Gasteiger partial charge is 0.497 e. The fourth-order valence-electron chi connectivity index (χ4n) is 1.70. The van der Waals surface area contributed by atoms with Crippen molar-refractivity contribution in [3.63, 3.8) is 0 Å². The van der Waals surface area contributed by atoms with E-state index in [0.29, 0.717) is 11.3 Å². The van der Waals surface area contributed by atoms with Gasteiger partial charge in [-0.25, -0.2) is 0 Å². The van der Waals surface area contributed by atoms with E-state index in [2.05, 4.69) is 10.6 Å². The quantitative estimate of drug-likeness (QED) is 0.697. The molecular weight excluding hydrogens is 312 g/mol. The van der Waals surface area contributed by atoms with Crippen LogP contribution in [-0.2, 0) is 14.3 Å². The second-order valence-corrected chi connectivity index (χ2v) is 5.86. The maximum atomic E-state index is 11.9. The summed E-state index contributed by atoms with van der Waals surface area (Å²) in [6.45, 7) is 5.01. The van der Waals surface area contributed by atoms with Crippen LogP contribution in [0.3, 0.4) is 0 Å². The topological polar surface area (TPSA) is 93.7 Å². The number of carbonyl (C=O) groups is 3. The third-order valence-corrected chi connectivity index (χ3v) is 3.47. The van der Waals surface area contributed by atoms with Crippen LogP contribution in [0.25, 0.3) is 0 Å². The van der Waals surface area contributed by atoms with Gasteiger partial charge in [0, 0.05) is 11.1 Å². The molecular formula is C17H24N2O5. The Morgan fingerprint density at radius 2 is 1.75 bits per heavy atom. The van der Waals surface area contributed by atoms with Crippen molar-refractivity contribution in [2.75, 3.05) is 20.3 Å². The van der Waals surface area contributed by atoms with Gasteiger partial charge in [-0.1, -0.05) is 6.92 Å². The molecule has 0 saturated carbocycles. The first-order valence-corrected chi connectivity index (χ1v) is 7.66. The molecule has 0 aliphatic carbocycles. The summed E-state index contributed by atoms with van der Waals surface area (Å²) in [6.07, 6.45) is 0.755. The van der Waals surface area contributed by atoms with Gasteiger partial charge in [0.1, 0.15) is 12.3 Å². The monoisotopic (exact) mass is 336 g/mol. The zero-order chi connectivity index (χ0) is 18.2. The maximum absolute atomic E-state index is 11.9. The Kier molecular flexibility index (Phi) is 7.23. The summed E-state index contributed by atoms with van der Waals surface area (Å²) in [5.41, 5.74) is 0.0394. The molecule has 1 aromatic rings. The van der Waals surface area contributed by atoms with Crippen LogP contribution in [0.15, 0.2) is 24.3 Å². The van der Waals surface area contributed by atoms with Crippen LogP contribution in [-0.4, -0.2) is 43.6 Å². The molecule has 24 heavy (non-hydrogen) atoms. The highest BCUT2D eigenvalue weighted by Gasteiger charge is 2.18. The minimum absolute atomic E-state index is 0.310. The maximum Gasteiger partial charge on any atom is 0.325 e. The van der Waals surface area contributed by atoms with Gasteiger partial charge in [0.2, 0.25) is 0 Å². The van der Waals surface area contributed by atoms with Crippen LogP contribution in [0.2, 0.25) is 0 Å². The van der Waals surface area contributed by atoms with Gasteiger partial charge in [0.15, 0.2) is 6.61 Å². The number of nitrogens with one attached hydrogen (secondary N) is 2. The summed E-state index contributed by atoms with van der Waals surface area (Å²) in [5, 5.41) is 5.18. The van der Waals surface area contributed by atoms with Crippen molar-refractivity contribution < 1.29 is 23.9 Å². The molecule has 0 spiro atoms. The van der Waals surface area contributed by atoms with Crippen molar-refractivity contribution in [2.45, 2.75) is 32.7 Å². The van der Waals surface area contributed by atoms with Gasteiger partial charge < -0.3 is 20.1 Å². The number of hydrogen-bond acceptors (Lipinski definition) is 5. The van der Waals surface area contributed by atoms with Crippen molar-refractivity contribution in [3.8, 4) is 5.75 Å². The van der Waals surface area contributed by atoms with Crippen LogP contribution < -0.4 is 15.4 Å². The standard InChI is InChI=1S/C17H24N2O5/c1-5-17(2,3)19-14(20)11-24-15(21)10-18-16(22)12-6-8-13(23-4)9-7-12/h6-9H,5,10-11H2,1-4H3,(H,18,22)(H,19,20). The second-order valence-electron chi connectivity index (χ2n) is 5.86. The predicted octanol–water partition coefficient (Wildman–Crippen LogP) is 1.27. The molecule has 0 bridgehead atoms. The zero-order valence-electron chi connectivity index (χ0n) is 14.5. The highest BCUT2D eigenvalue weighted by atomic mass is 16.5. The van der Waals surface area contributed by atoms with Crippen LogP contribution in [0.4, 0.5) is 0 Å². The molecule has 0 aromatic heterocycles. The molecule has 0 aliphatic heterocycles. The number of rotatable bonds is 8. The molecule has 132 valence electrons. The average molecular weight is 336 g/mol. The number of amides is 2. The highest BCUT2D eigenvalue weighted by Crippen LogP contribution is 2.11. The van der Waals surface area contributed by atoms with Gasteiger partial charge in [-0.15, -0.1) is 0 Å². The molecule has 0 saturated heterocycles. The van der Waals surface area contributed by atoms with Gasteiger partial charge in [0.25, 0.3) is 11.8 Å². The smallest absolute Gasteiger partial charge is 0.325 e. The predicted molar refractivity (Wildman–Crippen MR) is 88.8 cm³/mol. The van der Waals surface area contributed by atoms with E-state index in [1.807, 2.05) is 20.8 Å². The van der Waals surface area contributed by atoms with E-state index < -0.39 is 11.9 Å². The molecule has 0 fully saturated rings. The van der Waals surface area contributed by atoms with Crippen molar-refractivity contribution in [2.24, 2.45) is 0 Å². The first-order valence-electron chi connectivity index (χ1n) is 7.66. The van der Waals surface area contributed by atoms with E-state index in [-0.39, 0.29) is 24.6 Å². The molecule has 7 heteroatoms. The first kappa shape index (κ1) is 19.5. The number of hydrogen-bond donors (Lipinski definition) is 2. The minimum Gasteiger partial charge on any atom is -0.497 e. The Balaban J connectivity index is 2.35. The fourth-order valence-corrected chi connectivity index (χ4v) is 1.70. The van der Waals surface area contributed by atoms with Crippen LogP contribution >= 0.6 is 0 Å². The summed E-state index contributed by atoms with van der Waals surface area (Å²) in [4.78, 5) is 35.1. The lowest BCUT2D eigenvalue weighted by Crippen LogP contribution is -2.45. The second kappa shape index (κ2) is 8.90. The third-order valence-electron chi connectivity index (χ3n) is 3.47. The van der Waals surface area contributed by atoms with Crippen LogP contribution in [0, 0.1) is 0 Å². The Morgan fingerprint density at radius 3 is 2.29 bits per heavy atom. The van der Waals surface area contributed by atoms with Crippen molar-refractivity contribution in [1.82, 2.24) is 10.6 Å². The summed E-state index contributed by atoms with van der Waals surface area (Å²) in [7, 11) is 1.53. The van der Waals surface area contributed by atoms with Gasteiger partial charge >= 0.3 is 5.97 Å². The summed E-state index contributed by atoms with van der Waals surface area (Å²) >= 11 is 0. The molecule has 1 aromatic carbocycles.